The van der Waals surface area contributed by atoms with Gasteiger partial charge in [0.15, 0.2) is 0 Å². The van der Waals surface area contributed by atoms with Crippen LogP contribution in [-0.2, 0) is 26.2 Å². The number of hydrogen-bond donors (Lipinski definition) is 1. The molecule has 0 heterocycles. The van der Waals surface area contributed by atoms with Gasteiger partial charge in [-0.3, -0.25) is 13.9 Å². The Hall–Kier alpha value is -4.05. The van der Waals surface area contributed by atoms with Crippen LogP contribution in [0.25, 0.3) is 0 Å². The number of sulfonamides is 1. The van der Waals surface area contributed by atoms with Gasteiger partial charge >= 0.3 is 0 Å². The standard InChI is InChI=1S/C31H39N3O6S/c1-22(2)19-32-31(36)24(4)33(20-25-11-9-10-23(3)18-25)30(35)21-34(28-12-7-8-13-29(28)40-6)41(37,38)27-16-14-26(39-5)15-17-27/h7-18,22,24H,19-21H2,1-6H3,(H,32,36). The molecule has 10 heteroatoms. The molecule has 41 heavy (non-hydrogen) atoms. The molecular formula is C31H39N3O6S. The topological polar surface area (TPSA) is 105 Å². The van der Waals surface area contributed by atoms with Gasteiger partial charge in [-0.25, -0.2) is 8.42 Å². The Morgan fingerprint density at radius 1 is 0.902 bits per heavy atom. The van der Waals surface area contributed by atoms with E-state index < -0.39 is 28.5 Å². The molecule has 0 aliphatic rings. The first kappa shape index (κ1) is 31.5. The van der Waals surface area contributed by atoms with E-state index in [1.165, 1.54) is 31.3 Å². The molecule has 3 rings (SSSR count). The summed E-state index contributed by atoms with van der Waals surface area (Å²) < 4.78 is 39.7. The summed E-state index contributed by atoms with van der Waals surface area (Å²) in [6, 6.07) is 19.3. The highest BCUT2D eigenvalue weighted by Gasteiger charge is 2.33. The van der Waals surface area contributed by atoms with Crippen LogP contribution in [0.15, 0.2) is 77.7 Å². The second kappa shape index (κ2) is 14.0. The number of nitrogens with one attached hydrogen (secondary N) is 1. The van der Waals surface area contributed by atoms with Crippen LogP contribution in [-0.4, -0.2) is 58.5 Å². The SMILES string of the molecule is COc1ccc(S(=O)(=O)N(CC(=O)N(Cc2cccc(C)c2)C(C)C(=O)NCC(C)C)c2ccccc2OC)cc1. The van der Waals surface area contributed by atoms with Crippen LogP contribution in [0.4, 0.5) is 5.69 Å². The number of rotatable bonds is 13. The molecule has 0 saturated carbocycles. The Morgan fingerprint density at radius 3 is 2.20 bits per heavy atom. The number of aryl methyl sites for hydroxylation is 1. The minimum Gasteiger partial charge on any atom is -0.497 e. The van der Waals surface area contributed by atoms with Gasteiger partial charge < -0.3 is 19.7 Å². The van der Waals surface area contributed by atoms with Crippen LogP contribution >= 0.6 is 0 Å². The second-order valence-corrected chi connectivity index (χ2v) is 12.0. The van der Waals surface area contributed by atoms with Crippen LogP contribution in [0.5, 0.6) is 11.5 Å². The lowest BCUT2D eigenvalue weighted by atomic mass is 10.1. The van der Waals surface area contributed by atoms with Crippen molar-refractivity contribution in [1.82, 2.24) is 10.2 Å². The molecule has 220 valence electrons. The summed E-state index contributed by atoms with van der Waals surface area (Å²) in [7, 11) is -1.31. The van der Waals surface area contributed by atoms with E-state index in [2.05, 4.69) is 5.32 Å². The maximum atomic E-state index is 14.1. The van der Waals surface area contributed by atoms with Gasteiger partial charge in [0.1, 0.15) is 24.1 Å². The van der Waals surface area contributed by atoms with Gasteiger partial charge in [-0.15, -0.1) is 0 Å². The van der Waals surface area contributed by atoms with Gasteiger partial charge in [-0.1, -0.05) is 55.8 Å². The minimum absolute atomic E-state index is 0.0232. The molecule has 0 aliphatic carbocycles. The van der Waals surface area contributed by atoms with Gasteiger partial charge in [0.2, 0.25) is 11.8 Å². The van der Waals surface area contributed by atoms with E-state index in [4.69, 9.17) is 9.47 Å². The fraction of sp³-hybridized carbons (Fsp3) is 0.355. The number of para-hydroxylation sites is 2. The van der Waals surface area contributed by atoms with E-state index >= 15 is 0 Å². The zero-order chi connectivity index (χ0) is 30.2. The summed E-state index contributed by atoms with van der Waals surface area (Å²) in [5.74, 6) is 0.144. The number of hydrogen-bond acceptors (Lipinski definition) is 6. The van der Waals surface area contributed by atoms with E-state index in [0.29, 0.717) is 12.3 Å². The van der Waals surface area contributed by atoms with Gasteiger partial charge in [0.25, 0.3) is 10.0 Å². The molecule has 0 radical (unpaired) electrons. The number of methoxy groups -OCH3 is 2. The molecule has 3 aromatic carbocycles. The molecule has 2 amide bonds. The predicted molar refractivity (Wildman–Crippen MR) is 160 cm³/mol. The molecule has 1 unspecified atom stereocenters. The van der Waals surface area contributed by atoms with E-state index in [0.717, 1.165) is 15.4 Å². The van der Waals surface area contributed by atoms with Crippen LogP contribution in [0.2, 0.25) is 0 Å². The van der Waals surface area contributed by atoms with Crippen molar-refractivity contribution < 1.29 is 27.5 Å². The van der Waals surface area contributed by atoms with Crippen LogP contribution in [0.3, 0.4) is 0 Å². The number of amides is 2. The third-order valence-corrected chi connectivity index (χ3v) is 8.34. The molecule has 0 fully saturated rings. The monoisotopic (exact) mass is 581 g/mol. The van der Waals surface area contributed by atoms with E-state index in [-0.39, 0.29) is 34.7 Å². The van der Waals surface area contributed by atoms with E-state index in [1.54, 1.807) is 43.3 Å². The van der Waals surface area contributed by atoms with E-state index in [9.17, 15) is 18.0 Å². The van der Waals surface area contributed by atoms with Gasteiger partial charge in [-0.05, 0) is 61.7 Å². The highest BCUT2D eigenvalue weighted by Crippen LogP contribution is 2.33. The van der Waals surface area contributed by atoms with Crippen molar-refractivity contribution in [3.63, 3.8) is 0 Å². The van der Waals surface area contributed by atoms with E-state index in [1.807, 2.05) is 45.0 Å². The molecule has 0 bridgehead atoms. The second-order valence-electron chi connectivity index (χ2n) is 10.2. The number of nitrogens with zero attached hydrogens (tertiary/aromatic N) is 2. The van der Waals surface area contributed by atoms with Crippen molar-refractivity contribution >= 4 is 27.5 Å². The predicted octanol–water partition coefficient (Wildman–Crippen LogP) is 4.40. The molecule has 0 saturated heterocycles. The number of anilines is 1. The van der Waals surface area contributed by atoms with Crippen LogP contribution < -0.4 is 19.1 Å². The van der Waals surface area contributed by atoms with Crippen molar-refractivity contribution in [2.45, 2.75) is 45.2 Å². The normalized spacial score (nSPS) is 12.0. The molecule has 0 aromatic heterocycles. The highest BCUT2D eigenvalue weighted by molar-refractivity contribution is 7.92. The lowest BCUT2D eigenvalue weighted by molar-refractivity contribution is -0.139. The molecule has 1 atom stereocenters. The number of carbonyl (C=O) groups is 2. The fourth-order valence-electron chi connectivity index (χ4n) is 4.27. The quantitative estimate of drug-likeness (QED) is 0.321. The fourth-order valence-corrected chi connectivity index (χ4v) is 5.69. The minimum atomic E-state index is -4.24. The highest BCUT2D eigenvalue weighted by atomic mass is 32.2. The third-order valence-electron chi connectivity index (χ3n) is 6.57. The molecular weight excluding hydrogens is 542 g/mol. The first-order valence-electron chi connectivity index (χ1n) is 13.4. The lowest BCUT2D eigenvalue weighted by Gasteiger charge is -2.32. The summed E-state index contributed by atoms with van der Waals surface area (Å²) in [4.78, 5) is 28.6. The maximum Gasteiger partial charge on any atom is 0.264 e. The average Bonchev–Trinajstić information content (AvgIpc) is 2.96. The number of benzene rings is 3. The Labute approximate surface area is 243 Å². The smallest absolute Gasteiger partial charge is 0.264 e. The average molecular weight is 582 g/mol. The Morgan fingerprint density at radius 2 is 1.59 bits per heavy atom. The van der Waals surface area contributed by atoms with Crippen molar-refractivity contribution in [2.75, 3.05) is 31.6 Å². The van der Waals surface area contributed by atoms with Crippen molar-refractivity contribution in [3.05, 3.63) is 83.9 Å². The van der Waals surface area contributed by atoms with Crippen LogP contribution in [0, 0.1) is 12.8 Å². The summed E-state index contributed by atoms with van der Waals surface area (Å²) in [5.41, 5.74) is 2.03. The molecule has 1 N–H and O–H groups in total. The van der Waals surface area contributed by atoms with Crippen LogP contribution in [0.1, 0.15) is 31.9 Å². The lowest BCUT2D eigenvalue weighted by Crippen LogP contribution is -2.51. The first-order valence-corrected chi connectivity index (χ1v) is 14.8. The Balaban J connectivity index is 2.05. The summed E-state index contributed by atoms with van der Waals surface area (Å²) in [6.45, 7) is 7.58. The third kappa shape index (κ3) is 8.00. The summed E-state index contributed by atoms with van der Waals surface area (Å²) in [6.07, 6.45) is 0. The number of carbonyl (C=O) groups excluding carboxylic acids is 2. The van der Waals surface area contributed by atoms with Gasteiger partial charge in [0.05, 0.1) is 24.8 Å². The zero-order valence-corrected chi connectivity index (χ0v) is 25.3. The van der Waals surface area contributed by atoms with Crippen molar-refractivity contribution in [3.8, 4) is 11.5 Å². The van der Waals surface area contributed by atoms with Crippen molar-refractivity contribution in [2.24, 2.45) is 5.92 Å². The summed E-state index contributed by atoms with van der Waals surface area (Å²) >= 11 is 0. The zero-order valence-electron chi connectivity index (χ0n) is 24.5. The first-order chi connectivity index (χ1) is 19.5. The molecule has 0 spiro atoms. The van der Waals surface area contributed by atoms with Crippen molar-refractivity contribution in [1.29, 1.82) is 0 Å². The molecule has 9 nitrogen and oxygen atoms in total. The van der Waals surface area contributed by atoms with Gasteiger partial charge in [-0.2, -0.15) is 0 Å². The van der Waals surface area contributed by atoms with Gasteiger partial charge in [0, 0.05) is 13.1 Å². The number of ether oxygens (including phenoxy) is 2. The molecule has 0 aliphatic heterocycles. The summed E-state index contributed by atoms with van der Waals surface area (Å²) in [5, 5.41) is 2.89. The Bertz CT molecular complexity index is 1440. The largest absolute Gasteiger partial charge is 0.497 e. The maximum absolute atomic E-state index is 14.1. The molecule has 3 aromatic rings. The Kier molecular flexibility index (Phi) is 10.8.